The molecule has 0 atom stereocenters. The van der Waals surface area contributed by atoms with E-state index < -0.39 is 0 Å². The zero-order valence-electron chi connectivity index (χ0n) is 20.6. The summed E-state index contributed by atoms with van der Waals surface area (Å²) in [7, 11) is 0. The summed E-state index contributed by atoms with van der Waals surface area (Å²) in [5.41, 5.74) is 0.436. The Morgan fingerprint density at radius 2 is 1.45 bits per heavy atom. The normalized spacial score (nSPS) is 18.0. The van der Waals surface area contributed by atoms with Crippen molar-refractivity contribution in [3.8, 4) is 0 Å². The van der Waals surface area contributed by atoms with Gasteiger partial charge in [-0.1, -0.05) is 12.8 Å². The Hall–Kier alpha value is -1.67. The van der Waals surface area contributed by atoms with Gasteiger partial charge in [0.1, 0.15) is 0 Å². The number of hydrogen-bond donors (Lipinski definition) is 4. The highest BCUT2D eigenvalue weighted by molar-refractivity contribution is 5.43. The highest BCUT2D eigenvalue weighted by atomic mass is 16.3. The topological polar surface area (TPSA) is 98.2 Å². The maximum Gasteiger partial charge on any atom is 0.231 e. The Bertz CT molecular complexity index is 645. The highest BCUT2D eigenvalue weighted by Crippen LogP contribution is 2.35. The van der Waals surface area contributed by atoms with Crippen molar-refractivity contribution >= 4 is 17.8 Å². The predicted molar refractivity (Wildman–Crippen MR) is 130 cm³/mol. The molecule has 0 unspecified atom stereocenters. The van der Waals surface area contributed by atoms with Crippen molar-refractivity contribution in [2.45, 2.75) is 91.1 Å². The second-order valence-corrected chi connectivity index (χ2v) is 10.0. The first kappa shape index (κ1) is 25.6. The first-order valence-corrected chi connectivity index (χ1v) is 12.1. The summed E-state index contributed by atoms with van der Waals surface area (Å²) in [4.78, 5) is 15.8. The number of nitrogens with one attached hydrogen (secondary N) is 3. The van der Waals surface area contributed by atoms with Crippen molar-refractivity contribution in [3.05, 3.63) is 0 Å². The van der Waals surface area contributed by atoms with Crippen LogP contribution in [0.4, 0.5) is 17.8 Å². The number of hydrogen-bond acceptors (Lipinski definition) is 8. The van der Waals surface area contributed by atoms with Crippen molar-refractivity contribution in [1.82, 2.24) is 20.3 Å². The van der Waals surface area contributed by atoms with Crippen molar-refractivity contribution in [3.63, 3.8) is 0 Å². The SMILES string of the molecule is CCN(CC)c1nc(NCCCO)nc(NCCCCC2CC(C)(C)NC(C)(C)C2)n1. The Morgan fingerprint density at radius 3 is 1.97 bits per heavy atom. The van der Waals surface area contributed by atoms with E-state index in [0.29, 0.717) is 30.8 Å². The van der Waals surface area contributed by atoms with Gasteiger partial charge in [-0.25, -0.2) is 0 Å². The number of rotatable bonds is 13. The van der Waals surface area contributed by atoms with E-state index >= 15 is 0 Å². The van der Waals surface area contributed by atoms with Gasteiger partial charge in [-0.15, -0.1) is 0 Å². The molecule has 0 bridgehead atoms. The molecule has 2 heterocycles. The van der Waals surface area contributed by atoms with Crippen LogP contribution in [0.25, 0.3) is 0 Å². The van der Waals surface area contributed by atoms with Crippen LogP contribution in [-0.2, 0) is 0 Å². The van der Waals surface area contributed by atoms with Gasteiger partial charge in [-0.05, 0) is 73.1 Å². The molecule has 1 aromatic rings. The Morgan fingerprint density at radius 1 is 0.903 bits per heavy atom. The van der Waals surface area contributed by atoms with Crippen molar-refractivity contribution < 1.29 is 5.11 Å². The van der Waals surface area contributed by atoms with Crippen LogP contribution in [-0.4, -0.2) is 63.9 Å². The molecule has 0 amide bonds. The van der Waals surface area contributed by atoms with Gasteiger partial charge in [-0.2, -0.15) is 15.0 Å². The summed E-state index contributed by atoms with van der Waals surface area (Å²) < 4.78 is 0. The number of aliphatic hydroxyl groups is 1. The minimum Gasteiger partial charge on any atom is -0.396 e. The van der Waals surface area contributed by atoms with E-state index in [1.54, 1.807) is 0 Å². The number of aliphatic hydroxyl groups excluding tert-OH is 1. The van der Waals surface area contributed by atoms with Gasteiger partial charge in [0.2, 0.25) is 17.8 Å². The molecule has 8 heteroatoms. The van der Waals surface area contributed by atoms with E-state index in [2.05, 4.69) is 77.3 Å². The summed E-state index contributed by atoms with van der Waals surface area (Å²) in [5, 5.41) is 19.4. The molecule has 0 aromatic carbocycles. The van der Waals surface area contributed by atoms with Crippen LogP contribution in [0.3, 0.4) is 0 Å². The second-order valence-electron chi connectivity index (χ2n) is 10.0. The second kappa shape index (κ2) is 11.8. The molecule has 1 saturated heterocycles. The zero-order valence-corrected chi connectivity index (χ0v) is 20.6. The lowest BCUT2D eigenvalue weighted by Gasteiger charge is -2.46. The van der Waals surface area contributed by atoms with Crippen LogP contribution < -0.4 is 20.9 Å². The number of anilines is 3. The van der Waals surface area contributed by atoms with Gasteiger partial charge < -0.3 is 26.0 Å². The molecule has 1 aliphatic heterocycles. The molecule has 0 aliphatic carbocycles. The van der Waals surface area contributed by atoms with Gasteiger partial charge in [0.25, 0.3) is 0 Å². The van der Waals surface area contributed by atoms with E-state index in [1.807, 2.05) is 0 Å². The summed E-state index contributed by atoms with van der Waals surface area (Å²) in [6.07, 6.45) is 6.73. The number of piperidine rings is 1. The minimum atomic E-state index is 0.150. The molecule has 1 fully saturated rings. The van der Waals surface area contributed by atoms with Crippen LogP contribution in [0.2, 0.25) is 0 Å². The van der Waals surface area contributed by atoms with Crippen molar-refractivity contribution in [2.75, 3.05) is 48.3 Å². The summed E-state index contributed by atoms with van der Waals surface area (Å²) in [5.74, 6) is 2.65. The first-order valence-electron chi connectivity index (χ1n) is 12.1. The molecule has 0 saturated carbocycles. The molecule has 1 aliphatic rings. The lowest BCUT2D eigenvalue weighted by molar-refractivity contribution is 0.122. The van der Waals surface area contributed by atoms with Gasteiger partial charge in [0.15, 0.2) is 0 Å². The average Bonchev–Trinajstić information content (AvgIpc) is 2.66. The van der Waals surface area contributed by atoms with Gasteiger partial charge in [0.05, 0.1) is 0 Å². The quantitative estimate of drug-likeness (QED) is 0.349. The fourth-order valence-corrected chi connectivity index (χ4v) is 4.95. The molecular weight excluding hydrogens is 390 g/mol. The van der Waals surface area contributed by atoms with Gasteiger partial charge in [-0.3, -0.25) is 0 Å². The van der Waals surface area contributed by atoms with Gasteiger partial charge >= 0.3 is 0 Å². The van der Waals surface area contributed by atoms with Crippen LogP contribution in [0.5, 0.6) is 0 Å². The highest BCUT2D eigenvalue weighted by Gasteiger charge is 2.37. The molecule has 1 aromatic heterocycles. The molecule has 0 spiro atoms. The molecule has 31 heavy (non-hydrogen) atoms. The van der Waals surface area contributed by atoms with Crippen LogP contribution in [0.1, 0.15) is 80.1 Å². The van der Waals surface area contributed by atoms with E-state index in [-0.39, 0.29) is 17.7 Å². The van der Waals surface area contributed by atoms with E-state index in [0.717, 1.165) is 32.0 Å². The number of nitrogens with zero attached hydrogens (tertiary/aromatic N) is 4. The maximum absolute atomic E-state index is 9.02. The lowest BCUT2D eigenvalue weighted by atomic mass is 9.74. The van der Waals surface area contributed by atoms with E-state index in [4.69, 9.17) is 5.11 Å². The lowest BCUT2D eigenvalue weighted by Crippen LogP contribution is -2.57. The Kier molecular flexibility index (Phi) is 9.75. The van der Waals surface area contributed by atoms with Crippen molar-refractivity contribution in [1.29, 1.82) is 0 Å². The van der Waals surface area contributed by atoms with Crippen LogP contribution in [0.15, 0.2) is 0 Å². The Balaban J connectivity index is 1.87. The summed E-state index contributed by atoms with van der Waals surface area (Å²) in [6, 6.07) is 0. The van der Waals surface area contributed by atoms with E-state index in [9.17, 15) is 0 Å². The number of unbranched alkanes of at least 4 members (excludes halogenated alkanes) is 1. The third-order valence-corrected chi connectivity index (χ3v) is 5.88. The van der Waals surface area contributed by atoms with Gasteiger partial charge in [0, 0.05) is 43.9 Å². The predicted octanol–water partition coefficient (Wildman–Crippen LogP) is 3.65. The fraction of sp³-hybridized carbons (Fsp3) is 0.870. The average molecular weight is 436 g/mol. The zero-order chi connectivity index (χ0) is 22.9. The van der Waals surface area contributed by atoms with Crippen molar-refractivity contribution in [2.24, 2.45) is 5.92 Å². The monoisotopic (exact) mass is 435 g/mol. The molecule has 178 valence electrons. The molecule has 8 nitrogen and oxygen atoms in total. The third kappa shape index (κ3) is 8.77. The molecule has 0 radical (unpaired) electrons. The van der Waals surface area contributed by atoms with Crippen LogP contribution >= 0.6 is 0 Å². The van der Waals surface area contributed by atoms with E-state index in [1.165, 1.54) is 25.7 Å². The summed E-state index contributed by atoms with van der Waals surface area (Å²) >= 11 is 0. The molecular formula is C23H45N7O. The maximum atomic E-state index is 9.02. The summed E-state index contributed by atoms with van der Waals surface area (Å²) in [6.45, 7) is 16.8. The standard InChI is InChI=1S/C23H45N7O/c1-7-30(8-2)21-27-19(26-20(28-21)25-14-11-15-31)24-13-10-9-12-18-16-22(3,4)29-23(5,6)17-18/h18,29,31H,7-17H2,1-6H3,(H2,24,25,26,27,28). The fourth-order valence-electron chi connectivity index (χ4n) is 4.95. The largest absolute Gasteiger partial charge is 0.396 e. The smallest absolute Gasteiger partial charge is 0.231 e. The Labute approximate surface area is 189 Å². The minimum absolute atomic E-state index is 0.150. The molecule has 4 N–H and O–H groups in total. The number of aromatic nitrogens is 3. The molecule has 2 rings (SSSR count). The third-order valence-electron chi connectivity index (χ3n) is 5.88. The first-order chi connectivity index (χ1) is 14.7. The van der Waals surface area contributed by atoms with Crippen LogP contribution in [0, 0.1) is 5.92 Å².